The van der Waals surface area contributed by atoms with Crippen molar-refractivity contribution in [3.8, 4) is 5.75 Å². The summed E-state index contributed by atoms with van der Waals surface area (Å²) in [4.78, 5) is 15.0. The molecule has 2 N–H and O–H groups in total. The van der Waals surface area contributed by atoms with E-state index in [1.54, 1.807) is 6.07 Å². The van der Waals surface area contributed by atoms with E-state index in [9.17, 15) is 4.79 Å². The zero-order valence-corrected chi connectivity index (χ0v) is 9.56. The molecule has 1 aromatic rings. The van der Waals surface area contributed by atoms with Crippen molar-refractivity contribution in [2.24, 2.45) is 0 Å². The lowest BCUT2D eigenvalue weighted by Crippen LogP contribution is -2.07. The van der Waals surface area contributed by atoms with Gasteiger partial charge in [0.05, 0.1) is 0 Å². The summed E-state index contributed by atoms with van der Waals surface area (Å²) in [5, 5.41) is 17.6. The monoisotopic (exact) mass is 236 g/mol. The topological polar surface area (TPSA) is 66.8 Å². The van der Waals surface area contributed by atoms with Gasteiger partial charge in [-0.1, -0.05) is 25.3 Å². The number of carboxylic acid groups (broad SMARTS) is 1. The Labute approximate surface area is 99.8 Å². The summed E-state index contributed by atoms with van der Waals surface area (Å²) in [5.41, 5.74) is 1.05. The number of hydrogen-bond acceptors (Lipinski definition) is 3. The second-order valence-electron chi connectivity index (χ2n) is 4.49. The van der Waals surface area contributed by atoms with Gasteiger partial charge in [0, 0.05) is 0 Å². The second-order valence-corrected chi connectivity index (χ2v) is 4.49. The van der Waals surface area contributed by atoms with Crippen LogP contribution in [0.5, 0.6) is 5.75 Å². The summed E-state index contributed by atoms with van der Waals surface area (Å²) in [6, 6.07) is 4.96. The van der Waals surface area contributed by atoms with Gasteiger partial charge in [0.25, 0.3) is 0 Å². The fraction of sp³-hybridized carbons (Fsp3) is 0.462. The Morgan fingerprint density at radius 2 is 1.94 bits per heavy atom. The van der Waals surface area contributed by atoms with Crippen LogP contribution >= 0.6 is 0 Å². The third kappa shape index (κ3) is 2.58. The first-order valence-electron chi connectivity index (χ1n) is 5.91. The van der Waals surface area contributed by atoms with Gasteiger partial charge < -0.3 is 9.99 Å². The Morgan fingerprint density at radius 3 is 2.53 bits per heavy atom. The molecule has 0 amide bonds. The summed E-state index contributed by atoms with van der Waals surface area (Å²) >= 11 is 0. The van der Waals surface area contributed by atoms with Crippen LogP contribution in [0.3, 0.4) is 0 Å². The fourth-order valence-electron chi connectivity index (χ4n) is 2.48. The maximum atomic E-state index is 10.9. The molecule has 4 nitrogen and oxygen atoms in total. The van der Waals surface area contributed by atoms with Crippen molar-refractivity contribution < 1.29 is 20.0 Å². The predicted molar refractivity (Wildman–Crippen MR) is 62.5 cm³/mol. The van der Waals surface area contributed by atoms with Crippen LogP contribution in [0.15, 0.2) is 18.2 Å². The third-order valence-electron chi connectivity index (χ3n) is 3.41. The van der Waals surface area contributed by atoms with Crippen molar-refractivity contribution in [1.82, 2.24) is 0 Å². The van der Waals surface area contributed by atoms with E-state index in [1.165, 1.54) is 25.3 Å². The smallest absolute Gasteiger partial charge is 0.339 e. The van der Waals surface area contributed by atoms with Gasteiger partial charge >= 0.3 is 5.97 Å². The van der Waals surface area contributed by atoms with E-state index in [0.717, 1.165) is 18.4 Å². The molecule has 0 saturated heterocycles. The summed E-state index contributed by atoms with van der Waals surface area (Å²) < 4.78 is 0. The Bertz CT molecular complexity index is 408. The van der Waals surface area contributed by atoms with E-state index >= 15 is 0 Å². The Morgan fingerprint density at radius 1 is 1.24 bits per heavy atom. The van der Waals surface area contributed by atoms with Gasteiger partial charge in [-0.25, -0.2) is 10.1 Å². The molecule has 1 aromatic carbocycles. The molecule has 2 rings (SSSR count). The molecule has 1 aliphatic rings. The van der Waals surface area contributed by atoms with Crippen LogP contribution in [0.25, 0.3) is 0 Å². The molecule has 0 unspecified atom stereocenters. The van der Waals surface area contributed by atoms with Gasteiger partial charge in [0.2, 0.25) is 0 Å². The zero-order valence-electron chi connectivity index (χ0n) is 9.56. The van der Waals surface area contributed by atoms with Crippen molar-refractivity contribution in [3.63, 3.8) is 0 Å². The highest BCUT2D eigenvalue weighted by molar-refractivity contribution is 5.90. The van der Waals surface area contributed by atoms with Gasteiger partial charge in [-0.15, -0.1) is 0 Å². The number of rotatable bonds is 3. The van der Waals surface area contributed by atoms with Gasteiger partial charge in [0.15, 0.2) is 5.75 Å². The molecule has 0 aromatic heterocycles. The van der Waals surface area contributed by atoms with Gasteiger partial charge in [0.1, 0.15) is 5.56 Å². The van der Waals surface area contributed by atoms with E-state index in [4.69, 9.17) is 10.4 Å². The lowest BCUT2D eigenvalue weighted by Gasteiger charge is -2.22. The Kier molecular flexibility index (Phi) is 3.64. The standard InChI is InChI=1S/C13H16O4/c14-13(15)11-7-6-10(8-12(11)17-16)9-4-2-1-3-5-9/h6-9,16H,1-5H2,(H,14,15). The summed E-state index contributed by atoms with van der Waals surface area (Å²) in [7, 11) is 0. The minimum absolute atomic E-state index is 0.00735. The average molecular weight is 236 g/mol. The first-order chi connectivity index (χ1) is 8.22. The highest BCUT2D eigenvalue weighted by Crippen LogP contribution is 2.34. The molecule has 1 fully saturated rings. The quantitative estimate of drug-likeness (QED) is 0.624. The third-order valence-corrected chi connectivity index (χ3v) is 3.41. The van der Waals surface area contributed by atoms with Gasteiger partial charge in [-0.05, 0) is 36.5 Å². The first kappa shape index (κ1) is 11.9. The van der Waals surface area contributed by atoms with Crippen LogP contribution < -0.4 is 4.89 Å². The highest BCUT2D eigenvalue weighted by atomic mass is 17.1. The van der Waals surface area contributed by atoms with Gasteiger partial charge in [-0.3, -0.25) is 0 Å². The molecule has 1 saturated carbocycles. The van der Waals surface area contributed by atoms with Crippen molar-refractivity contribution in [2.45, 2.75) is 38.0 Å². The normalized spacial score (nSPS) is 16.8. The molecule has 0 radical (unpaired) electrons. The lowest BCUT2D eigenvalue weighted by atomic mass is 9.84. The number of benzene rings is 1. The first-order valence-corrected chi connectivity index (χ1v) is 5.91. The lowest BCUT2D eigenvalue weighted by molar-refractivity contribution is -0.138. The second kappa shape index (κ2) is 5.19. The maximum Gasteiger partial charge on any atom is 0.339 e. The molecule has 17 heavy (non-hydrogen) atoms. The van der Waals surface area contributed by atoms with E-state index in [0.29, 0.717) is 5.92 Å². The highest BCUT2D eigenvalue weighted by Gasteiger charge is 2.19. The molecule has 0 spiro atoms. The van der Waals surface area contributed by atoms with Crippen molar-refractivity contribution in [1.29, 1.82) is 0 Å². The molecule has 0 bridgehead atoms. The van der Waals surface area contributed by atoms with Crippen LogP contribution in [-0.4, -0.2) is 16.3 Å². The van der Waals surface area contributed by atoms with Crippen LogP contribution in [0.1, 0.15) is 53.9 Å². The van der Waals surface area contributed by atoms with Crippen molar-refractivity contribution >= 4 is 5.97 Å². The van der Waals surface area contributed by atoms with E-state index in [2.05, 4.69) is 4.89 Å². The minimum Gasteiger partial charge on any atom is -0.478 e. The number of carbonyl (C=O) groups is 1. The predicted octanol–water partition coefficient (Wildman–Crippen LogP) is 3.28. The van der Waals surface area contributed by atoms with E-state index in [-0.39, 0.29) is 11.3 Å². The van der Waals surface area contributed by atoms with Gasteiger partial charge in [-0.2, -0.15) is 0 Å². The SMILES string of the molecule is O=C(O)c1ccc(C2CCCCC2)cc1OO. The minimum atomic E-state index is -1.09. The number of aromatic carboxylic acids is 1. The van der Waals surface area contributed by atoms with Crippen molar-refractivity contribution in [2.75, 3.05) is 0 Å². The number of carboxylic acids is 1. The molecule has 0 aliphatic heterocycles. The molecule has 92 valence electrons. The summed E-state index contributed by atoms with van der Waals surface area (Å²) in [5.74, 6) is -0.606. The van der Waals surface area contributed by atoms with E-state index in [1.807, 2.05) is 6.07 Å². The molecule has 1 aliphatic carbocycles. The molecule has 4 heteroatoms. The zero-order chi connectivity index (χ0) is 12.3. The average Bonchev–Trinajstić information content (AvgIpc) is 2.39. The van der Waals surface area contributed by atoms with E-state index < -0.39 is 5.97 Å². The molecule has 0 heterocycles. The van der Waals surface area contributed by atoms with Crippen LogP contribution in [0, 0.1) is 0 Å². The molecular formula is C13H16O4. The van der Waals surface area contributed by atoms with Crippen LogP contribution in [0.2, 0.25) is 0 Å². The number of hydrogen-bond donors (Lipinski definition) is 2. The van der Waals surface area contributed by atoms with Crippen LogP contribution in [0.4, 0.5) is 0 Å². The molecule has 0 atom stereocenters. The largest absolute Gasteiger partial charge is 0.478 e. The van der Waals surface area contributed by atoms with Crippen LogP contribution in [-0.2, 0) is 0 Å². The molecular weight excluding hydrogens is 220 g/mol. The fourth-order valence-corrected chi connectivity index (χ4v) is 2.48. The Hall–Kier alpha value is -1.55. The van der Waals surface area contributed by atoms with Crippen molar-refractivity contribution in [3.05, 3.63) is 29.3 Å². The summed E-state index contributed by atoms with van der Waals surface area (Å²) in [6.45, 7) is 0. The Balaban J connectivity index is 2.27. The maximum absolute atomic E-state index is 10.9. The summed E-state index contributed by atoms with van der Waals surface area (Å²) in [6.07, 6.45) is 5.93.